The molecule has 1 aliphatic rings. The lowest BCUT2D eigenvalue weighted by Crippen LogP contribution is -2.53. The van der Waals surface area contributed by atoms with Crippen LogP contribution in [0.4, 0.5) is 0 Å². The van der Waals surface area contributed by atoms with Crippen LogP contribution in [0.3, 0.4) is 0 Å². The third-order valence-electron chi connectivity index (χ3n) is 3.34. The average molecular weight is 246 g/mol. The fourth-order valence-electron chi connectivity index (χ4n) is 2.27. The van der Waals surface area contributed by atoms with Crippen LogP contribution in [0.1, 0.15) is 18.2 Å². The smallest absolute Gasteiger partial charge is 0.0931 e. The summed E-state index contributed by atoms with van der Waals surface area (Å²) in [7, 11) is 0. The number of hydrogen-bond donors (Lipinski definition) is 1. The van der Waals surface area contributed by atoms with Gasteiger partial charge in [0.25, 0.3) is 0 Å². The second kappa shape index (κ2) is 4.42. The van der Waals surface area contributed by atoms with Crippen LogP contribution < -0.4 is 5.73 Å². The third kappa shape index (κ3) is 1.82. The van der Waals surface area contributed by atoms with Crippen LogP contribution in [0, 0.1) is 5.92 Å². The first kappa shape index (κ1) is 11.4. The predicted molar refractivity (Wildman–Crippen MR) is 64.7 cm³/mol. The molecule has 0 radical (unpaired) electrons. The molecule has 1 aromatic rings. The molecule has 0 bridgehead atoms. The summed E-state index contributed by atoms with van der Waals surface area (Å²) in [6.45, 7) is 4.49. The van der Waals surface area contributed by atoms with Crippen LogP contribution in [0.15, 0.2) is 12.1 Å². The normalized spacial score (nSPS) is 21.0. The zero-order valence-electron chi connectivity index (χ0n) is 8.83. The molecule has 1 fully saturated rings. The minimum atomic E-state index is 0.140. The van der Waals surface area contributed by atoms with Gasteiger partial charge < -0.3 is 10.5 Å². The van der Waals surface area contributed by atoms with Gasteiger partial charge in [0.05, 0.1) is 23.0 Å². The Bertz CT molecular complexity index is 331. The van der Waals surface area contributed by atoms with Crippen molar-refractivity contribution in [2.75, 3.05) is 19.8 Å². The molecule has 2 heterocycles. The molecule has 1 atom stereocenters. The summed E-state index contributed by atoms with van der Waals surface area (Å²) < 4.78 is 6.24. The van der Waals surface area contributed by atoms with Crippen molar-refractivity contribution in [3.05, 3.63) is 21.3 Å². The number of thiophene rings is 1. The lowest BCUT2D eigenvalue weighted by atomic mass is 9.71. The van der Waals surface area contributed by atoms with Crippen molar-refractivity contribution in [1.82, 2.24) is 0 Å². The van der Waals surface area contributed by atoms with Gasteiger partial charge >= 0.3 is 0 Å². The Kier molecular flexibility index (Phi) is 3.36. The first-order valence-electron chi connectivity index (χ1n) is 5.26. The van der Waals surface area contributed by atoms with E-state index in [1.54, 1.807) is 11.3 Å². The van der Waals surface area contributed by atoms with Crippen molar-refractivity contribution in [3.8, 4) is 0 Å². The highest BCUT2D eigenvalue weighted by molar-refractivity contribution is 7.16. The van der Waals surface area contributed by atoms with Gasteiger partial charge in [0.15, 0.2) is 0 Å². The SMILES string of the molecule is CCC(CN)C1(c2ccc(Cl)s2)COC1. The summed E-state index contributed by atoms with van der Waals surface area (Å²) in [6, 6.07) is 4.08. The lowest BCUT2D eigenvalue weighted by Gasteiger charge is -2.46. The summed E-state index contributed by atoms with van der Waals surface area (Å²) in [5.74, 6) is 0.501. The van der Waals surface area contributed by atoms with Crippen molar-refractivity contribution in [2.45, 2.75) is 18.8 Å². The minimum absolute atomic E-state index is 0.140. The molecule has 15 heavy (non-hydrogen) atoms. The largest absolute Gasteiger partial charge is 0.379 e. The minimum Gasteiger partial charge on any atom is -0.379 e. The van der Waals surface area contributed by atoms with Crippen LogP contribution >= 0.6 is 22.9 Å². The van der Waals surface area contributed by atoms with Gasteiger partial charge in [-0.15, -0.1) is 11.3 Å². The van der Waals surface area contributed by atoms with E-state index < -0.39 is 0 Å². The van der Waals surface area contributed by atoms with Gasteiger partial charge in [-0.25, -0.2) is 0 Å². The summed E-state index contributed by atoms with van der Waals surface area (Å²) >= 11 is 7.64. The highest BCUT2D eigenvalue weighted by atomic mass is 35.5. The predicted octanol–water partition coefficient (Wildman–Crippen LogP) is 2.65. The number of hydrogen-bond acceptors (Lipinski definition) is 3. The summed E-state index contributed by atoms with van der Waals surface area (Å²) in [5, 5.41) is 0. The average Bonchev–Trinajstić information content (AvgIpc) is 2.58. The van der Waals surface area contributed by atoms with E-state index in [0.29, 0.717) is 5.92 Å². The first-order chi connectivity index (χ1) is 7.23. The van der Waals surface area contributed by atoms with E-state index in [1.165, 1.54) is 4.88 Å². The van der Waals surface area contributed by atoms with E-state index in [-0.39, 0.29) is 5.41 Å². The van der Waals surface area contributed by atoms with Gasteiger partial charge in [0, 0.05) is 4.88 Å². The van der Waals surface area contributed by atoms with Gasteiger partial charge in [0.2, 0.25) is 0 Å². The molecule has 2 rings (SSSR count). The molecule has 1 unspecified atom stereocenters. The Hall–Kier alpha value is -0.0900. The zero-order valence-corrected chi connectivity index (χ0v) is 10.4. The first-order valence-corrected chi connectivity index (χ1v) is 6.46. The van der Waals surface area contributed by atoms with Gasteiger partial charge in [-0.05, 0) is 24.6 Å². The molecular formula is C11H16ClNOS. The van der Waals surface area contributed by atoms with Gasteiger partial charge in [0.1, 0.15) is 0 Å². The second-order valence-electron chi connectivity index (χ2n) is 4.09. The molecule has 0 saturated carbocycles. The number of nitrogens with two attached hydrogens (primary N) is 1. The number of halogens is 1. The van der Waals surface area contributed by atoms with Gasteiger partial charge in [-0.2, -0.15) is 0 Å². The molecule has 0 aromatic carbocycles. The van der Waals surface area contributed by atoms with Crippen LogP contribution in [-0.4, -0.2) is 19.8 Å². The molecule has 2 N–H and O–H groups in total. The van der Waals surface area contributed by atoms with E-state index >= 15 is 0 Å². The maximum atomic E-state index is 5.99. The summed E-state index contributed by atoms with van der Waals surface area (Å²) in [6.07, 6.45) is 1.09. The molecular weight excluding hydrogens is 230 g/mol. The molecule has 1 saturated heterocycles. The summed E-state index contributed by atoms with van der Waals surface area (Å²) in [4.78, 5) is 1.33. The van der Waals surface area contributed by atoms with Gasteiger partial charge in [-0.3, -0.25) is 0 Å². The van der Waals surface area contributed by atoms with E-state index in [9.17, 15) is 0 Å². The molecule has 1 aliphatic heterocycles. The van der Waals surface area contributed by atoms with Crippen LogP contribution in [-0.2, 0) is 10.2 Å². The molecule has 0 amide bonds. The van der Waals surface area contributed by atoms with Crippen molar-refractivity contribution in [3.63, 3.8) is 0 Å². The van der Waals surface area contributed by atoms with Crippen molar-refractivity contribution < 1.29 is 4.74 Å². The van der Waals surface area contributed by atoms with E-state index in [4.69, 9.17) is 22.1 Å². The van der Waals surface area contributed by atoms with E-state index in [2.05, 4.69) is 13.0 Å². The second-order valence-corrected chi connectivity index (χ2v) is 5.81. The zero-order chi connectivity index (χ0) is 10.9. The topological polar surface area (TPSA) is 35.2 Å². The Morgan fingerprint density at radius 1 is 1.60 bits per heavy atom. The van der Waals surface area contributed by atoms with Crippen molar-refractivity contribution >= 4 is 22.9 Å². The Morgan fingerprint density at radius 3 is 2.67 bits per heavy atom. The van der Waals surface area contributed by atoms with Crippen molar-refractivity contribution in [1.29, 1.82) is 0 Å². The monoisotopic (exact) mass is 245 g/mol. The van der Waals surface area contributed by atoms with Crippen LogP contribution in [0.2, 0.25) is 4.34 Å². The number of ether oxygens (including phenoxy) is 1. The highest BCUT2D eigenvalue weighted by Gasteiger charge is 2.46. The van der Waals surface area contributed by atoms with Gasteiger partial charge in [-0.1, -0.05) is 24.9 Å². The Labute approximate surface area is 99.4 Å². The lowest BCUT2D eigenvalue weighted by molar-refractivity contribution is -0.0878. The number of rotatable bonds is 4. The van der Waals surface area contributed by atoms with Crippen molar-refractivity contribution in [2.24, 2.45) is 11.7 Å². The standard InChI is InChI=1S/C11H16ClNOS/c1-2-8(5-13)11(6-14-7-11)9-3-4-10(12)15-9/h3-4,8H,2,5-7,13H2,1H3. The van der Waals surface area contributed by atoms with Crippen LogP contribution in [0.25, 0.3) is 0 Å². The molecule has 2 nitrogen and oxygen atoms in total. The van der Waals surface area contributed by atoms with Crippen LogP contribution in [0.5, 0.6) is 0 Å². The quantitative estimate of drug-likeness (QED) is 0.885. The Balaban J connectivity index is 2.28. The highest BCUT2D eigenvalue weighted by Crippen LogP contribution is 2.44. The Morgan fingerprint density at radius 2 is 2.33 bits per heavy atom. The maximum absolute atomic E-state index is 5.99. The van der Waals surface area contributed by atoms with E-state index in [1.807, 2.05) is 6.07 Å². The maximum Gasteiger partial charge on any atom is 0.0931 e. The molecule has 1 aromatic heterocycles. The van der Waals surface area contributed by atoms with E-state index in [0.717, 1.165) is 30.5 Å². The fourth-order valence-corrected chi connectivity index (χ4v) is 3.55. The third-order valence-corrected chi connectivity index (χ3v) is 4.79. The summed E-state index contributed by atoms with van der Waals surface area (Å²) in [5.41, 5.74) is 5.98. The molecule has 0 aliphatic carbocycles. The molecule has 84 valence electrons. The fraction of sp³-hybridized carbons (Fsp3) is 0.636. The molecule has 4 heteroatoms. The molecule has 0 spiro atoms.